The number of ether oxygens (including phenoxy) is 2. The van der Waals surface area contributed by atoms with Gasteiger partial charge in [-0.2, -0.15) is 0 Å². The fourth-order valence-corrected chi connectivity index (χ4v) is 7.08. The van der Waals surface area contributed by atoms with Crippen LogP contribution in [0, 0.1) is 0 Å². The zero-order valence-corrected chi connectivity index (χ0v) is 25.9. The van der Waals surface area contributed by atoms with Gasteiger partial charge in [-0.05, 0) is 59.8 Å². The lowest BCUT2D eigenvalue weighted by atomic mass is 9.35. The molecule has 2 aromatic heterocycles. The molecular formula is C41H30BN3O2. The van der Waals surface area contributed by atoms with Gasteiger partial charge in [-0.3, -0.25) is 4.98 Å². The molecule has 0 spiro atoms. The van der Waals surface area contributed by atoms with Crippen LogP contribution in [0.4, 0.5) is 0 Å². The van der Waals surface area contributed by atoms with E-state index in [0.29, 0.717) is 5.70 Å². The zero-order chi connectivity index (χ0) is 31.5. The Hall–Kier alpha value is -6.01. The summed E-state index contributed by atoms with van der Waals surface area (Å²) in [6, 6.07) is 40.0. The topological polar surface area (TPSA) is 62.3 Å². The summed E-state index contributed by atoms with van der Waals surface area (Å²) in [6.07, 6.45) is 8.82. The molecule has 9 rings (SSSR count). The van der Waals surface area contributed by atoms with Gasteiger partial charge in [0.2, 0.25) is 0 Å². The smallest absolute Gasteiger partial charge is 0.260 e. The Morgan fingerprint density at radius 1 is 0.745 bits per heavy atom. The fourth-order valence-electron chi connectivity index (χ4n) is 7.08. The Labute approximate surface area is 273 Å². The first-order valence-corrected chi connectivity index (χ1v) is 16.0. The summed E-state index contributed by atoms with van der Waals surface area (Å²) in [5, 5.41) is 2.41. The third-order valence-electron chi connectivity index (χ3n) is 9.25. The summed E-state index contributed by atoms with van der Waals surface area (Å²) in [5.74, 6) is 3.18. The number of para-hydroxylation sites is 2. The van der Waals surface area contributed by atoms with E-state index >= 15 is 0 Å². The van der Waals surface area contributed by atoms with E-state index < -0.39 is 0 Å². The first-order chi connectivity index (χ1) is 23.2. The maximum atomic E-state index is 6.82. The zero-order valence-electron chi connectivity index (χ0n) is 25.9. The van der Waals surface area contributed by atoms with Crippen LogP contribution in [0.1, 0.15) is 18.9 Å². The van der Waals surface area contributed by atoms with E-state index in [1.165, 1.54) is 10.8 Å². The summed E-state index contributed by atoms with van der Waals surface area (Å²) in [7, 11) is 0. The lowest BCUT2D eigenvalue weighted by Gasteiger charge is -2.34. The number of hydrogen-bond acceptors (Lipinski definition) is 4. The molecule has 6 heteroatoms. The van der Waals surface area contributed by atoms with Crippen LogP contribution in [-0.4, -0.2) is 16.3 Å². The molecule has 2 N–H and O–H groups in total. The first-order valence-electron chi connectivity index (χ1n) is 16.0. The average Bonchev–Trinajstić information content (AvgIpc) is 3.45. The van der Waals surface area contributed by atoms with Crippen LogP contribution < -0.4 is 31.6 Å². The molecule has 0 atom stereocenters. The van der Waals surface area contributed by atoms with Crippen molar-refractivity contribution in [3.63, 3.8) is 0 Å². The minimum Gasteiger partial charge on any atom is -0.458 e. The molecule has 224 valence electrons. The summed E-state index contributed by atoms with van der Waals surface area (Å²) in [5.41, 5.74) is 16.5. The van der Waals surface area contributed by atoms with Gasteiger partial charge in [-0.15, -0.1) is 0 Å². The molecule has 7 aromatic rings. The number of pyridine rings is 1. The van der Waals surface area contributed by atoms with E-state index in [2.05, 4.69) is 120 Å². The van der Waals surface area contributed by atoms with Crippen molar-refractivity contribution in [1.82, 2.24) is 9.55 Å². The largest absolute Gasteiger partial charge is 0.458 e. The van der Waals surface area contributed by atoms with Crippen LogP contribution in [0.25, 0.3) is 44.4 Å². The molecule has 4 heterocycles. The molecule has 0 aliphatic carbocycles. The van der Waals surface area contributed by atoms with E-state index in [-0.39, 0.29) is 6.71 Å². The Balaban J connectivity index is 1.27. The Kier molecular flexibility index (Phi) is 6.28. The van der Waals surface area contributed by atoms with Crippen molar-refractivity contribution in [3.8, 4) is 39.9 Å². The second-order valence-corrected chi connectivity index (χ2v) is 12.0. The maximum absolute atomic E-state index is 6.82. The number of fused-ring (bicyclic) bond motifs is 7. The van der Waals surface area contributed by atoms with Gasteiger partial charge in [0.05, 0.1) is 22.4 Å². The molecule has 0 unspecified atom stereocenters. The normalized spacial score (nSPS) is 13.3. The Morgan fingerprint density at radius 2 is 1.40 bits per heavy atom. The maximum Gasteiger partial charge on any atom is 0.260 e. The molecule has 0 amide bonds. The lowest BCUT2D eigenvalue weighted by molar-refractivity contribution is 0.464. The number of allylic oxidation sites excluding steroid dienone is 3. The van der Waals surface area contributed by atoms with Gasteiger partial charge >= 0.3 is 0 Å². The first kappa shape index (κ1) is 27.3. The highest BCUT2D eigenvalue weighted by Gasteiger charge is 2.41. The highest BCUT2D eigenvalue weighted by molar-refractivity contribution is 6.98. The predicted octanol–water partition coefficient (Wildman–Crippen LogP) is 7.84. The van der Waals surface area contributed by atoms with E-state index in [1.807, 2.05) is 36.5 Å². The van der Waals surface area contributed by atoms with Gasteiger partial charge < -0.3 is 19.8 Å². The molecule has 0 bridgehead atoms. The van der Waals surface area contributed by atoms with E-state index in [0.717, 1.165) is 79.3 Å². The molecule has 5 nitrogen and oxygen atoms in total. The number of benzene rings is 5. The number of aromatic nitrogens is 2. The van der Waals surface area contributed by atoms with E-state index in [9.17, 15) is 0 Å². The van der Waals surface area contributed by atoms with Crippen molar-refractivity contribution >= 4 is 50.6 Å². The lowest BCUT2D eigenvalue weighted by Crippen LogP contribution is -2.57. The summed E-state index contributed by atoms with van der Waals surface area (Å²) < 4.78 is 15.9. The highest BCUT2D eigenvalue weighted by Crippen LogP contribution is 2.40. The number of hydrogen-bond donors (Lipinski definition) is 1. The van der Waals surface area contributed by atoms with Crippen molar-refractivity contribution in [2.75, 3.05) is 0 Å². The van der Waals surface area contributed by atoms with Gasteiger partial charge in [-0.25, -0.2) is 0 Å². The van der Waals surface area contributed by atoms with Gasteiger partial charge in [0, 0.05) is 51.4 Å². The molecular weight excluding hydrogens is 577 g/mol. The molecule has 2 aliphatic rings. The molecule has 2 aliphatic heterocycles. The standard InChI is InChI=1S/C41H30BN3O2/c1-2-3-4-13-33(43)26-17-19-31-37(22-26)46-39-24-28(45-35-15-7-5-11-29(35)30-12-6-8-16-36(30)45)25-40-41(39)42(31)32-20-18-27(23-38(32)47-40)34-14-9-10-21-44-34/h3-25H,2,43H2,1H3/b4-3-,33-13-. The number of nitrogens with zero attached hydrogens (tertiary/aromatic N) is 2. The molecule has 0 fully saturated rings. The van der Waals surface area contributed by atoms with E-state index in [4.69, 9.17) is 15.2 Å². The summed E-state index contributed by atoms with van der Waals surface area (Å²) in [4.78, 5) is 4.60. The number of nitrogens with two attached hydrogens (primary N) is 1. The predicted molar refractivity (Wildman–Crippen MR) is 193 cm³/mol. The Bertz CT molecular complexity index is 2370. The van der Waals surface area contributed by atoms with Crippen molar-refractivity contribution in [2.24, 2.45) is 5.73 Å². The minimum absolute atomic E-state index is 0.0725. The monoisotopic (exact) mass is 607 g/mol. The highest BCUT2D eigenvalue weighted by atomic mass is 16.5. The molecule has 0 saturated carbocycles. The third-order valence-corrected chi connectivity index (χ3v) is 9.25. The average molecular weight is 608 g/mol. The van der Waals surface area contributed by atoms with Crippen molar-refractivity contribution in [3.05, 3.63) is 145 Å². The molecule has 0 saturated heterocycles. The van der Waals surface area contributed by atoms with Crippen LogP contribution in [0.2, 0.25) is 0 Å². The number of rotatable bonds is 5. The fraction of sp³-hybridized carbons (Fsp3) is 0.0488. The Morgan fingerprint density at radius 3 is 2.09 bits per heavy atom. The van der Waals surface area contributed by atoms with Gasteiger partial charge in [0.15, 0.2) is 0 Å². The quantitative estimate of drug-likeness (QED) is 0.160. The summed E-state index contributed by atoms with van der Waals surface area (Å²) in [6.45, 7) is 2.04. The van der Waals surface area contributed by atoms with Gasteiger partial charge in [-0.1, -0.05) is 85.8 Å². The van der Waals surface area contributed by atoms with E-state index in [1.54, 1.807) is 0 Å². The molecule has 47 heavy (non-hydrogen) atoms. The minimum atomic E-state index is -0.0725. The third kappa shape index (κ3) is 4.37. The van der Waals surface area contributed by atoms with Crippen molar-refractivity contribution in [1.29, 1.82) is 0 Å². The van der Waals surface area contributed by atoms with Gasteiger partial charge in [0.25, 0.3) is 6.71 Å². The van der Waals surface area contributed by atoms with Crippen LogP contribution >= 0.6 is 0 Å². The van der Waals surface area contributed by atoms with Crippen molar-refractivity contribution < 1.29 is 9.47 Å². The SMILES string of the molecule is CC/C=C\C=C(/N)c1ccc2c(c1)Oc1cc(-n3c4ccccc4c4ccccc43)cc3c1B2c1ccc(-c2ccccn2)cc1O3. The van der Waals surface area contributed by atoms with Crippen molar-refractivity contribution in [2.45, 2.75) is 13.3 Å². The van der Waals surface area contributed by atoms with Crippen LogP contribution in [0.3, 0.4) is 0 Å². The second-order valence-electron chi connectivity index (χ2n) is 12.0. The van der Waals surface area contributed by atoms with Gasteiger partial charge in [0.1, 0.15) is 23.0 Å². The second kappa shape index (κ2) is 10.8. The van der Waals surface area contributed by atoms with Crippen LogP contribution in [-0.2, 0) is 0 Å². The summed E-state index contributed by atoms with van der Waals surface area (Å²) >= 11 is 0. The molecule has 0 radical (unpaired) electrons. The molecule has 5 aromatic carbocycles. The van der Waals surface area contributed by atoms with Crippen LogP contribution in [0.5, 0.6) is 23.0 Å². The van der Waals surface area contributed by atoms with Crippen LogP contribution in [0.15, 0.2) is 140 Å².